The first-order valence-electron chi connectivity index (χ1n) is 5.44. The van der Waals surface area contributed by atoms with Crippen LogP contribution in [-0.2, 0) is 9.59 Å². The second-order valence-electron chi connectivity index (χ2n) is 4.98. The minimum Gasteiger partial charge on any atom is -0.370 e. The largest absolute Gasteiger partial charge is 0.370 e. The maximum atomic E-state index is 11.7. The molecule has 0 bridgehead atoms. The summed E-state index contributed by atoms with van der Waals surface area (Å²) in [5, 5.41) is 3.03. The number of carbonyl (C=O) groups is 2. The van der Waals surface area contributed by atoms with Crippen LogP contribution in [0.3, 0.4) is 0 Å². The Morgan fingerprint density at radius 3 is 2.25 bits per heavy atom. The number of primary amides is 1. The van der Waals surface area contributed by atoms with Gasteiger partial charge in [-0.05, 0) is 27.7 Å². The number of nitrogens with two attached hydrogens (primary N) is 1. The molecule has 0 heterocycles. The molecule has 0 rings (SSSR count). The SMILES string of the molecule is CC(C)N(C)C(=O)CNC(C)(C)CC(N)=O. The van der Waals surface area contributed by atoms with E-state index in [1.807, 2.05) is 27.7 Å². The van der Waals surface area contributed by atoms with E-state index >= 15 is 0 Å². The fourth-order valence-corrected chi connectivity index (χ4v) is 1.23. The molecule has 0 aromatic carbocycles. The summed E-state index contributed by atoms with van der Waals surface area (Å²) in [6, 6.07) is 0.175. The normalized spacial score (nSPS) is 11.6. The summed E-state index contributed by atoms with van der Waals surface area (Å²) in [7, 11) is 1.76. The molecular formula is C11H23N3O2. The molecule has 5 heteroatoms. The fourth-order valence-electron chi connectivity index (χ4n) is 1.23. The second-order valence-corrected chi connectivity index (χ2v) is 4.98. The van der Waals surface area contributed by atoms with Crippen molar-refractivity contribution in [2.45, 2.75) is 45.7 Å². The van der Waals surface area contributed by atoms with E-state index in [1.54, 1.807) is 11.9 Å². The molecule has 16 heavy (non-hydrogen) atoms. The van der Waals surface area contributed by atoms with Gasteiger partial charge in [-0.2, -0.15) is 0 Å². The van der Waals surface area contributed by atoms with Gasteiger partial charge < -0.3 is 16.0 Å². The fraction of sp³-hybridized carbons (Fsp3) is 0.818. The van der Waals surface area contributed by atoms with Gasteiger partial charge in [0.1, 0.15) is 0 Å². The van der Waals surface area contributed by atoms with Gasteiger partial charge in [-0.3, -0.25) is 9.59 Å². The number of hydrogen-bond donors (Lipinski definition) is 2. The Morgan fingerprint density at radius 1 is 1.38 bits per heavy atom. The van der Waals surface area contributed by atoms with Gasteiger partial charge in [-0.15, -0.1) is 0 Å². The molecular weight excluding hydrogens is 206 g/mol. The molecule has 94 valence electrons. The maximum Gasteiger partial charge on any atom is 0.236 e. The van der Waals surface area contributed by atoms with Crippen LogP contribution in [0.5, 0.6) is 0 Å². The average Bonchev–Trinajstić information content (AvgIpc) is 2.10. The van der Waals surface area contributed by atoms with E-state index in [0.717, 1.165) is 0 Å². The summed E-state index contributed by atoms with van der Waals surface area (Å²) in [6.07, 6.45) is 0.214. The number of amides is 2. The summed E-state index contributed by atoms with van der Waals surface area (Å²) in [5.74, 6) is -0.366. The summed E-state index contributed by atoms with van der Waals surface area (Å²) in [6.45, 7) is 7.81. The molecule has 0 aliphatic rings. The Morgan fingerprint density at radius 2 is 1.88 bits per heavy atom. The number of carbonyl (C=O) groups excluding carboxylic acids is 2. The van der Waals surface area contributed by atoms with Crippen LogP contribution in [0.25, 0.3) is 0 Å². The van der Waals surface area contributed by atoms with Crippen LogP contribution in [0.1, 0.15) is 34.1 Å². The Bertz CT molecular complexity index is 262. The number of nitrogens with one attached hydrogen (secondary N) is 1. The minimum atomic E-state index is -0.445. The Labute approximate surface area is 97.4 Å². The van der Waals surface area contributed by atoms with Gasteiger partial charge in [0.05, 0.1) is 6.54 Å². The average molecular weight is 229 g/mol. The lowest BCUT2D eigenvalue weighted by Gasteiger charge is -2.27. The van der Waals surface area contributed by atoms with Crippen LogP contribution in [-0.4, -0.2) is 41.9 Å². The molecule has 0 radical (unpaired) electrons. The smallest absolute Gasteiger partial charge is 0.236 e. The monoisotopic (exact) mass is 229 g/mol. The highest BCUT2D eigenvalue weighted by Crippen LogP contribution is 2.07. The van der Waals surface area contributed by atoms with Crippen molar-refractivity contribution in [3.05, 3.63) is 0 Å². The van der Waals surface area contributed by atoms with Crippen LogP contribution in [0.4, 0.5) is 0 Å². The molecule has 0 aliphatic heterocycles. The number of nitrogens with zero attached hydrogens (tertiary/aromatic N) is 1. The number of rotatable bonds is 6. The van der Waals surface area contributed by atoms with Crippen molar-refractivity contribution in [3.63, 3.8) is 0 Å². The van der Waals surface area contributed by atoms with Crippen LogP contribution in [0, 0.1) is 0 Å². The molecule has 2 amide bonds. The third-order valence-corrected chi connectivity index (χ3v) is 2.50. The van der Waals surface area contributed by atoms with Crippen LogP contribution in [0.2, 0.25) is 0 Å². The van der Waals surface area contributed by atoms with Crippen molar-refractivity contribution in [1.29, 1.82) is 0 Å². The zero-order valence-corrected chi connectivity index (χ0v) is 10.8. The summed E-state index contributed by atoms with van der Waals surface area (Å²) in [4.78, 5) is 24.1. The van der Waals surface area contributed by atoms with E-state index in [1.165, 1.54) is 0 Å². The summed E-state index contributed by atoms with van der Waals surface area (Å²) >= 11 is 0. The molecule has 0 atom stereocenters. The molecule has 0 spiro atoms. The Hall–Kier alpha value is -1.10. The lowest BCUT2D eigenvalue weighted by molar-refractivity contribution is -0.131. The van der Waals surface area contributed by atoms with Crippen molar-refractivity contribution >= 4 is 11.8 Å². The molecule has 5 nitrogen and oxygen atoms in total. The highest BCUT2D eigenvalue weighted by Gasteiger charge is 2.22. The topological polar surface area (TPSA) is 75.4 Å². The molecule has 0 saturated heterocycles. The van der Waals surface area contributed by atoms with Crippen molar-refractivity contribution in [2.24, 2.45) is 5.73 Å². The highest BCUT2D eigenvalue weighted by atomic mass is 16.2. The lowest BCUT2D eigenvalue weighted by Crippen LogP contribution is -2.48. The minimum absolute atomic E-state index is 0.00699. The van der Waals surface area contributed by atoms with Gasteiger partial charge in [0.2, 0.25) is 11.8 Å². The van der Waals surface area contributed by atoms with Gasteiger partial charge in [-0.1, -0.05) is 0 Å². The number of hydrogen-bond acceptors (Lipinski definition) is 3. The quantitative estimate of drug-likeness (QED) is 0.678. The summed E-state index contributed by atoms with van der Waals surface area (Å²) < 4.78 is 0. The number of likely N-dealkylation sites (N-methyl/N-ethyl adjacent to an activating group) is 1. The van der Waals surface area contributed by atoms with Gasteiger partial charge in [-0.25, -0.2) is 0 Å². The van der Waals surface area contributed by atoms with E-state index in [4.69, 9.17) is 5.73 Å². The predicted octanol–water partition coefficient (Wildman–Crippen LogP) is 0.0968. The molecule has 0 aromatic heterocycles. The van der Waals surface area contributed by atoms with Crippen molar-refractivity contribution < 1.29 is 9.59 Å². The third-order valence-electron chi connectivity index (χ3n) is 2.50. The zero-order chi connectivity index (χ0) is 12.9. The molecule has 0 saturated carbocycles. The third kappa shape index (κ3) is 5.70. The van der Waals surface area contributed by atoms with Gasteiger partial charge in [0.25, 0.3) is 0 Å². The van der Waals surface area contributed by atoms with Crippen LogP contribution in [0.15, 0.2) is 0 Å². The van der Waals surface area contributed by atoms with Crippen molar-refractivity contribution in [3.8, 4) is 0 Å². The first kappa shape index (κ1) is 14.9. The Balaban J connectivity index is 4.14. The van der Waals surface area contributed by atoms with Gasteiger partial charge in [0, 0.05) is 25.0 Å². The first-order chi connectivity index (χ1) is 7.15. The Kier molecular flexibility index (Phi) is 5.44. The highest BCUT2D eigenvalue weighted by molar-refractivity contribution is 5.79. The first-order valence-corrected chi connectivity index (χ1v) is 5.44. The zero-order valence-electron chi connectivity index (χ0n) is 10.8. The molecule has 0 aliphatic carbocycles. The van der Waals surface area contributed by atoms with Crippen LogP contribution >= 0.6 is 0 Å². The predicted molar refractivity (Wildman–Crippen MR) is 63.8 cm³/mol. The molecule has 0 unspecified atom stereocenters. The molecule has 0 fully saturated rings. The van der Waals surface area contributed by atoms with Crippen molar-refractivity contribution in [1.82, 2.24) is 10.2 Å². The van der Waals surface area contributed by atoms with E-state index in [2.05, 4.69) is 5.32 Å². The van der Waals surface area contributed by atoms with E-state index in [-0.39, 0.29) is 30.8 Å². The summed E-state index contributed by atoms with van der Waals surface area (Å²) in [5.41, 5.74) is 4.67. The lowest BCUT2D eigenvalue weighted by atomic mass is 10.0. The van der Waals surface area contributed by atoms with Crippen LogP contribution < -0.4 is 11.1 Å². The van der Waals surface area contributed by atoms with E-state index < -0.39 is 5.54 Å². The maximum absolute atomic E-state index is 11.7. The van der Waals surface area contributed by atoms with Crippen molar-refractivity contribution in [2.75, 3.05) is 13.6 Å². The second kappa shape index (κ2) is 5.84. The molecule has 0 aromatic rings. The standard InChI is InChI=1S/C11H23N3O2/c1-8(2)14(5)10(16)7-13-11(3,4)6-9(12)15/h8,13H,6-7H2,1-5H3,(H2,12,15). The molecule has 3 N–H and O–H groups in total. The van der Waals surface area contributed by atoms with E-state index in [0.29, 0.717) is 0 Å². The van der Waals surface area contributed by atoms with Gasteiger partial charge in [0.15, 0.2) is 0 Å². The van der Waals surface area contributed by atoms with E-state index in [9.17, 15) is 9.59 Å². The van der Waals surface area contributed by atoms with Gasteiger partial charge >= 0.3 is 0 Å².